The van der Waals surface area contributed by atoms with Gasteiger partial charge in [-0.05, 0) is 18.8 Å². The molecule has 2 atom stereocenters. The zero-order valence-electron chi connectivity index (χ0n) is 19.0. The van der Waals surface area contributed by atoms with Crippen molar-refractivity contribution in [3.05, 3.63) is 0 Å². The molecular weight excluding hydrogens is 680 g/mol. The van der Waals surface area contributed by atoms with Crippen molar-refractivity contribution in [2.75, 3.05) is 0 Å². The maximum absolute atomic E-state index is 14.4. The zero-order chi connectivity index (χ0) is 35.0. The van der Waals surface area contributed by atoms with E-state index in [0.29, 0.717) is 0 Å². The maximum atomic E-state index is 14.4. The van der Waals surface area contributed by atoms with Crippen molar-refractivity contribution >= 4 is 0 Å². The van der Waals surface area contributed by atoms with E-state index in [4.69, 9.17) is 0 Å². The highest BCUT2D eigenvalue weighted by atomic mass is 19.5. The van der Waals surface area contributed by atoms with Gasteiger partial charge in [-0.1, -0.05) is 6.92 Å². The first-order valence-electron chi connectivity index (χ1n) is 9.58. The van der Waals surface area contributed by atoms with Gasteiger partial charge in [0.05, 0.1) is 0 Å². The van der Waals surface area contributed by atoms with Gasteiger partial charge in [0.1, 0.15) is 0 Å². The second-order valence-corrected chi connectivity index (χ2v) is 8.69. The number of rotatable bonds is 8. The summed E-state index contributed by atoms with van der Waals surface area (Å²) in [4.78, 5) is 0. The van der Waals surface area contributed by atoms with Gasteiger partial charge in [0.25, 0.3) is 0 Å². The van der Waals surface area contributed by atoms with Crippen LogP contribution in [-0.2, 0) is 0 Å². The topological polar surface area (TPSA) is 40.5 Å². The Morgan fingerprint density at radius 3 is 0.643 bits per heavy atom. The Bertz CT molecular complexity index is 842. The van der Waals surface area contributed by atoms with E-state index in [1.54, 1.807) is 0 Å². The molecule has 0 aliphatic carbocycles. The standard InChI is InChI=1S/C16H10F24O2/c1-4(2-5(41,9(19,20)15(35,36)37)7(17,11(23,24)25)12(26,27)28)3-6(42,10(21,22)16(38,39)40)8(18,13(29,30)31)14(32,33)34/h4,41-42H,2-3H2,1H3. The number of aliphatic hydroxyl groups is 2. The lowest BCUT2D eigenvalue weighted by atomic mass is 9.67. The van der Waals surface area contributed by atoms with Gasteiger partial charge >= 0.3 is 60.2 Å². The Hall–Kier alpha value is -1.76. The van der Waals surface area contributed by atoms with Crippen molar-refractivity contribution in [3.63, 3.8) is 0 Å². The van der Waals surface area contributed by atoms with E-state index < -0.39 is 97.1 Å². The molecule has 2 N–H and O–H groups in total. The lowest BCUT2D eigenvalue weighted by molar-refractivity contribution is -0.451. The third-order valence-electron chi connectivity index (χ3n) is 5.74. The number of hydrogen-bond donors (Lipinski definition) is 2. The number of hydrogen-bond acceptors (Lipinski definition) is 2. The van der Waals surface area contributed by atoms with Crippen LogP contribution in [0.2, 0.25) is 0 Å². The van der Waals surface area contributed by atoms with Gasteiger partial charge in [-0.2, -0.15) is 96.6 Å². The van der Waals surface area contributed by atoms with Gasteiger partial charge in [-0.3, -0.25) is 0 Å². The largest absolute Gasteiger partial charge is 0.456 e. The quantitative estimate of drug-likeness (QED) is 0.254. The average Bonchev–Trinajstić information content (AvgIpc) is 2.66. The van der Waals surface area contributed by atoms with E-state index in [-0.39, 0.29) is 0 Å². The molecule has 2 unspecified atom stereocenters. The predicted molar refractivity (Wildman–Crippen MR) is 82.2 cm³/mol. The van der Waals surface area contributed by atoms with Gasteiger partial charge < -0.3 is 10.2 Å². The number of halogens is 24. The zero-order valence-corrected chi connectivity index (χ0v) is 19.0. The second kappa shape index (κ2) is 10.1. The highest BCUT2D eigenvalue weighted by molar-refractivity contribution is 5.21. The molecule has 0 aromatic heterocycles. The van der Waals surface area contributed by atoms with E-state index >= 15 is 0 Å². The van der Waals surface area contributed by atoms with Gasteiger partial charge in [-0.25, -0.2) is 8.78 Å². The fraction of sp³-hybridized carbons (Fsp3) is 1.00. The SMILES string of the molecule is CC(CC(O)(C(F)(F)C(F)(F)F)C(F)(C(F)(F)F)C(F)(F)F)CC(O)(C(F)(F)C(F)(F)F)C(F)(C(F)(F)F)C(F)(F)F. The van der Waals surface area contributed by atoms with Crippen LogP contribution >= 0.6 is 0 Å². The summed E-state index contributed by atoms with van der Waals surface area (Å²) in [5.74, 6) is -20.7. The molecular formula is C16H10F24O2. The summed E-state index contributed by atoms with van der Waals surface area (Å²) >= 11 is 0. The van der Waals surface area contributed by atoms with Crippen LogP contribution in [0.3, 0.4) is 0 Å². The summed E-state index contributed by atoms with van der Waals surface area (Å²) in [6, 6.07) is 0. The molecule has 0 aliphatic rings. The molecule has 0 aromatic carbocycles. The fourth-order valence-corrected chi connectivity index (χ4v) is 3.78. The van der Waals surface area contributed by atoms with Gasteiger partial charge in [0.15, 0.2) is 11.2 Å². The molecule has 0 rings (SSSR count). The third kappa shape index (κ3) is 5.49. The Kier molecular flexibility index (Phi) is 9.71. The second-order valence-electron chi connectivity index (χ2n) is 8.69. The molecule has 0 spiro atoms. The monoisotopic (exact) mass is 690 g/mol. The van der Waals surface area contributed by atoms with Crippen LogP contribution in [0.1, 0.15) is 19.8 Å². The van der Waals surface area contributed by atoms with E-state index in [0.717, 1.165) is 0 Å². The van der Waals surface area contributed by atoms with Crippen molar-refractivity contribution in [3.8, 4) is 0 Å². The van der Waals surface area contributed by atoms with Gasteiger partial charge in [-0.15, -0.1) is 0 Å². The van der Waals surface area contributed by atoms with E-state index in [9.17, 15) is 116 Å². The molecule has 0 bridgehead atoms. The summed E-state index contributed by atoms with van der Waals surface area (Å²) in [5.41, 5.74) is -31.9. The molecule has 0 saturated carbocycles. The summed E-state index contributed by atoms with van der Waals surface area (Å²) in [6.45, 7) is -0.908. The van der Waals surface area contributed by atoms with Crippen LogP contribution in [0.25, 0.3) is 0 Å². The third-order valence-corrected chi connectivity index (χ3v) is 5.74. The lowest BCUT2D eigenvalue weighted by Crippen LogP contribution is -2.78. The minimum absolute atomic E-state index is 0.908. The van der Waals surface area contributed by atoms with Gasteiger partial charge in [0.2, 0.25) is 0 Å². The summed E-state index contributed by atoms with van der Waals surface area (Å²) in [5, 5.41) is 18.8. The van der Waals surface area contributed by atoms with Crippen molar-refractivity contribution in [2.45, 2.75) is 91.2 Å². The Morgan fingerprint density at radius 1 is 0.357 bits per heavy atom. The van der Waals surface area contributed by atoms with Crippen molar-refractivity contribution in [1.82, 2.24) is 0 Å². The normalized spacial score (nSPS) is 19.8. The fourth-order valence-electron chi connectivity index (χ4n) is 3.78. The molecule has 254 valence electrons. The Labute approximate surface area is 214 Å². The first-order chi connectivity index (χ1) is 17.6. The Morgan fingerprint density at radius 2 is 0.524 bits per heavy atom. The molecule has 0 amide bonds. The molecule has 42 heavy (non-hydrogen) atoms. The molecule has 0 saturated heterocycles. The highest BCUT2D eigenvalue weighted by Gasteiger charge is 2.93. The van der Waals surface area contributed by atoms with Crippen LogP contribution in [0, 0.1) is 5.92 Å². The van der Waals surface area contributed by atoms with Crippen LogP contribution in [0.4, 0.5) is 105 Å². The van der Waals surface area contributed by atoms with Crippen molar-refractivity contribution in [2.24, 2.45) is 5.92 Å². The summed E-state index contributed by atoms with van der Waals surface area (Å²) < 4.78 is 317. The molecule has 0 aromatic rings. The molecule has 2 nitrogen and oxygen atoms in total. The average molecular weight is 690 g/mol. The molecule has 0 heterocycles. The highest BCUT2D eigenvalue weighted by Crippen LogP contribution is 2.64. The van der Waals surface area contributed by atoms with Crippen LogP contribution in [0.5, 0.6) is 0 Å². The van der Waals surface area contributed by atoms with Crippen molar-refractivity contribution in [1.29, 1.82) is 0 Å². The minimum Gasteiger partial charge on any atom is -0.379 e. The lowest BCUT2D eigenvalue weighted by Gasteiger charge is -2.50. The van der Waals surface area contributed by atoms with Crippen LogP contribution in [-0.4, -0.2) is 81.7 Å². The maximum Gasteiger partial charge on any atom is 0.456 e. The molecule has 0 fully saturated rings. The minimum atomic E-state index is -8.36. The first-order valence-corrected chi connectivity index (χ1v) is 9.58. The van der Waals surface area contributed by atoms with Crippen LogP contribution < -0.4 is 0 Å². The first kappa shape index (κ1) is 40.2. The Balaban J connectivity index is 7.88. The smallest absolute Gasteiger partial charge is 0.379 e. The van der Waals surface area contributed by atoms with Gasteiger partial charge in [0, 0.05) is 0 Å². The summed E-state index contributed by atoms with van der Waals surface area (Å²) in [6.07, 6.45) is -57.3. The van der Waals surface area contributed by atoms with Crippen LogP contribution in [0.15, 0.2) is 0 Å². The van der Waals surface area contributed by atoms with Crippen molar-refractivity contribution < 1.29 is 116 Å². The predicted octanol–water partition coefficient (Wildman–Crippen LogP) is 7.93. The van der Waals surface area contributed by atoms with E-state index in [2.05, 4.69) is 0 Å². The number of alkyl halides is 24. The molecule has 0 aliphatic heterocycles. The summed E-state index contributed by atoms with van der Waals surface area (Å²) in [7, 11) is 0. The molecule has 0 radical (unpaired) electrons. The van der Waals surface area contributed by atoms with E-state index in [1.165, 1.54) is 0 Å². The van der Waals surface area contributed by atoms with E-state index in [1.807, 2.05) is 0 Å². The molecule has 26 heteroatoms.